The predicted molar refractivity (Wildman–Crippen MR) is 77.5 cm³/mol. The summed E-state index contributed by atoms with van der Waals surface area (Å²) in [5.41, 5.74) is 5.23. The fourth-order valence-electron chi connectivity index (χ4n) is 2.40. The van der Waals surface area contributed by atoms with Gasteiger partial charge in [-0.2, -0.15) is 4.31 Å². The van der Waals surface area contributed by atoms with Crippen LogP contribution in [0.15, 0.2) is 17.0 Å². The topological polar surface area (TPSA) is 63.4 Å². The molecular formula is C13H18ClFN2O2S. The third kappa shape index (κ3) is 2.77. The maximum absolute atomic E-state index is 13.3. The molecule has 0 bridgehead atoms. The Morgan fingerprint density at radius 2 is 2.10 bits per heavy atom. The number of nitrogen functional groups attached to an aromatic ring is 1. The fraction of sp³-hybridized carbons (Fsp3) is 0.538. The monoisotopic (exact) mass is 320 g/mol. The lowest BCUT2D eigenvalue weighted by molar-refractivity contribution is 0.388. The van der Waals surface area contributed by atoms with Crippen LogP contribution in [0.4, 0.5) is 10.1 Å². The van der Waals surface area contributed by atoms with E-state index in [0.717, 1.165) is 18.6 Å². The van der Waals surface area contributed by atoms with Crippen LogP contribution in [-0.4, -0.2) is 25.8 Å². The molecule has 1 atom stereocenters. The predicted octanol–water partition coefficient (Wildman–Crippen LogP) is 2.73. The molecular weight excluding hydrogens is 303 g/mol. The van der Waals surface area contributed by atoms with E-state index in [4.69, 9.17) is 17.3 Å². The zero-order chi connectivity index (χ0) is 15.1. The largest absolute Gasteiger partial charge is 0.396 e. The fourth-order valence-corrected chi connectivity index (χ4v) is 4.43. The van der Waals surface area contributed by atoms with Crippen molar-refractivity contribution in [3.63, 3.8) is 0 Å². The summed E-state index contributed by atoms with van der Waals surface area (Å²) < 4.78 is 39.8. The van der Waals surface area contributed by atoms with Gasteiger partial charge in [0.2, 0.25) is 10.0 Å². The number of hydrogen-bond acceptors (Lipinski definition) is 3. The van der Waals surface area contributed by atoms with Gasteiger partial charge in [-0.3, -0.25) is 0 Å². The number of halogens is 2. The van der Waals surface area contributed by atoms with Crippen molar-refractivity contribution in [3.8, 4) is 0 Å². The molecule has 1 fully saturated rings. The Morgan fingerprint density at radius 3 is 2.65 bits per heavy atom. The minimum absolute atomic E-state index is 0.123. The van der Waals surface area contributed by atoms with Gasteiger partial charge in [0.15, 0.2) is 0 Å². The van der Waals surface area contributed by atoms with Gasteiger partial charge in [0.25, 0.3) is 0 Å². The lowest BCUT2D eigenvalue weighted by atomic mass is 9.96. The zero-order valence-electron chi connectivity index (χ0n) is 11.4. The summed E-state index contributed by atoms with van der Waals surface area (Å²) in [7, 11) is -3.72. The van der Waals surface area contributed by atoms with Crippen molar-refractivity contribution in [1.29, 1.82) is 0 Å². The molecule has 1 aliphatic heterocycles. The maximum Gasteiger partial charge on any atom is 0.244 e. The summed E-state index contributed by atoms with van der Waals surface area (Å²) in [5, 5.41) is -0.135. The van der Waals surface area contributed by atoms with Gasteiger partial charge in [-0.05, 0) is 30.4 Å². The molecule has 0 amide bonds. The summed E-state index contributed by atoms with van der Waals surface area (Å²) in [4.78, 5) is -0.123. The Balaban J connectivity index is 2.35. The summed E-state index contributed by atoms with van der Waals surface area (Å²) in [5.74, 6) is 0.0423. The normalized spacial score (nSPS) is 20.8. The van der Waals surface area contributed by atoms with E-state index in [1.54, 1.807) is 0 Å². The maximum atomic E-state index is 13.3. The average Bonchev–Trinajstić information content (AvgIpc) is 2.83. The molecule has 4 nitrogen and oxygen atoms in total. The molecule has 1 aromatic carbocycles. The van der Waals surface area contributed by atoms with Gasteiger partial charge >= 0.3 is 0 Å². The van der Waals surface area contributed by atoms with E-state index < -0.39 is 15.8 Å². The summed E-state index contributed by atoms with van der Waals surface area (Å²) in [6, 6.07) is 2.04. The Labute approximate surface area is 123 Å². The van der Waals surface area contributed by atoms with Crippen molar-refractivity contribution in [2.24, 2.45) is 11.8 Å². The van der Waals surface area contributed by atoms with Crippen molar-refractivity contribution < 1.29 is 12.8 Å². The van der Waals surface area contributed by atoms with Gasteiger partial charge in [0.05, 0.1) is 10.7 Å². The Bertz CT molecular complexity index is 619. The van der Waals surface area contributed by atoms with Crippen molar-refractivity contribution >= 4 is 27.3 Å². The van der Waals surface area contributed by atoms with Crippen LogP contribution in [0.2, 0.25) is 5.02 Å². The summed E-state index contributed by atoms with van der Waals surface area (Å²) in [6.07, 6.45) is 0.825. The van der Waals surface area contributed by atoms with E-state index >= 15 is 0 Å². The number of nitrogens with two attached hydrogens (primary N) is 1. The summed E-state index contributed by atoms with van der Waals surface area (Å²) >= 11 is 5.86. The van der Waals surface area contributed by atoms with Gasteiger partial charge in [0.1, 0.15) is 10.7 Å². The Kier molecular flexibility index (Phi) is 4.27. The number of nitrogens with zero attached hydrogens (tertiary/aromatic N) is 1. The van der Waals surface area contributed by atoms with Crippen LogP contribution in [0.25, 0.3) is 0 Å². The molecule has 1 aliphatic rings. The van der Waals surface area contributed by atoms with E-state index in [2.05, 4.69) is 13.8 Å². The van der Waals surface area contributed by atoms with Crippen LogP contribution >= 0.6 is 11.6 Å². The first kappa shape index (κ1) is 15.5. The minimum atomic E-state index is -3.72. The number of anilines is 1. The minimum Gasteiger partial charge on any atom is -0.396 e. The van der Waals surface area contributed by atoms with E-state index in [9.17, 15) is 12.8 Å². The molecule has 0 aliphatic carbocycles. The molecule has 0 aromatic heterocycles. The van der Waals surface area contributed by atoms with Gasteiger partial charge in [-0.15, -0.1) is 0 Å². The van der Waals surface area contributed by atoms with E-state index in [1.807, 2.05) is 0 Å². The first-order chi connectivity index (χ1) is 9.23. The third-order valence-electron chi connectivity index (χ3n) is 3.80. The van der Waals surface area contributed by atoms with Crippen molar-refractivity contribution in [2.45, 2.75) is 25.2 Å². The molecule has 1 heterocycles. The number of hydrogen-bond donors (Lipinski definition) is 1. The number of benzene rings is 1. The Hall–Kier alpha value is -0.850. The van der Waals surface area contributed by atoms with Crippen molar-refractivity contribution in [3.05, 3.63) is 23.0 Å². The second-order valence-corrected chi connectivity index (χ2v) is 7.77. The average molecular weight is 321 g/mol. The summed E-state index contributed by atoms with van der Waals surface area (Å²) in [6.45, 7) is 5.07. The van der Waals surface area contributed by atoms with E-state index in [0.29, 0.717) is 24.9 Å². The molecule has 2 N–H and O–H groups in total. The van der Waals surface area contributed by atoms with Gasteiger partial charge in [-0.25, -0.2) is 12.8 Å². The highest BCUT2D eigenvalue weighted by Gasteiger charge is 2.35. The van der Waals surface area contributed by atoms with Gasteiger partial charge in [-0.1, -0.05) is 25.4 Å². The van der Waals surface area contributed by atoms with Crippen LogP contribution in [-0.2, 0) is 10.0 Å². The number of rotatable bonds is 3. The molecule has 7 heteroatoms. The second-order valence-electron chi connectivity index (χ2n) is 5.46. The first-order valence-electron chi connectivity index (χ1n) is 6.48. The van der Waals surface area contributed by atoms with Gasteiger partial charge in [0, 0.05) is 13.1 Å². The molecule has 1 aromatic rings. The molecule has 0 saturated carbocycles. The van der Waals surface area contributed by atoms with Crippen LogP contribution in [0.1, 0.15) is 20.3 Å². The van der Waals surface area contributed by atoms with E-state index in [-0.39, 0.29) is 15.6 Å². The highest BCUT2D eigenvalue weighted by Crippen LogP contribution is 2.33. The van der Waals surface area contributed by atoms with Gasteiger partial charge < -0.3 is 5.73 Å². The van der Waals surface area contributed by atoms with Crippen LogP contribution in [0, 0.1) is 17.7 Å². The Morgan fingerprint density at radius 1 is 1.45 bits per heavy atom. The van der Waals surface area contributed by atoms with Crippen molar-refractivity contribution in [2.75, 3.05) is 18.8 Å². The second kappa shape index (κ2) is 5.50. The highest BCUT2D eigenvalue weighted by molar-refractivity contribution is 7.89. The highest BCUT2D eigenvalue weighted by atomic mass is 35.5. The van der Waals surface area contributed by atoms with Crippen LogP contribution in [0.3, 0.4) is 0 Å². The van der Waals surface area contributed by atoms with Crippen molar-refractivity contribution in [1.82, 2.24) is 4.31 Å². The molecule has 112 valence electrons. The zero-order valence-corrected chi connectivity index (χ0v) is 13.0. The molecule has 0 radical (unpaired) electrons. The lowest BCUT2D eigenvalue weighted by Crippen LogP contribution is -2.30. The number of sulfonamides is 1. The standard InChI is InChI=1S/C13H18ClFN2O2S/c1-8(2)9-3-4-17(7-9)20(18,19)13-6-12(16)11(15)5-10(13)14/h5-6,8-9H,3-4,7,16H2,1-2H3. The molecule has 2 rings (SSSR count). The van der Waals surface area contributed by atoms with Crippen LogP contribution < -0.4 is 5.73 Å². The molecule has 20 heavy (non-hydrogen) atoms. The van der Waals surface area contributed by atoms with E-state index in [1.165, 1.54) is 4.31 Å². The SMILES string of the molecule is CC(C)C1CCN(S(=O)(=O)c2cc(N)c(F)cc2Cl)C1. The third-order valence-corrected chi connectivity index (χ3v) is 6.13. The quantitative estimate of drug-likeness (QED) is 0.871. The lowest BCUT2D eigenvalue weighted by Gasteiger charge is -2.19. The van der Waals surface area contributed by atoms with Crippen LogP contribution in [0.5, 0.6) is 0 Å². The smallest absolute Gasteiger partial charge is 0.244 e. The molecule has 0 spiro atoms. The molecule has 1 saturated heterocycles. The molecule has 1 unspecified atom stereocenters. The first-order valence-corrected chi connectivity index (χ1v) is 8.30.